The van der Waals surface area contributed by atoms with Crippen LogP contribution in [-0.4, -0.2) is 63.5 Å². The molecule has 4 aliphatic rings. The van der Waals surface area contributed by atoms with Crippen LogP contribution < -0.4 is 20.1 Å². The molecule has 1 amide bonds. The van der Waals surface area contributed by atoms with E-state index in [1.165, 1.54) is 13.3 Å². The number of amides is 1. The van der Waals surface area contributed by atoms with Gasteiger partial charge in [-0.05, 0) is 43.9 Å². The monoisotopic (exact) mass is 545 g/mol. The number of aromatic nitrogens is 3. The number of halogens is 2. The van der Waals surface area contributed by atoms with Crippen LogP contribution in [0.5, 0.6) is 11.6 Å². The van der Waals surface area contributed by atoms with E-state index in [1.54, 1.807) is 12.1 Å². The summed E-state index contributed by atoms with van der Waals surface area (Å²) in [6, 6.07) is 7.08. The van der Waals surface area contributed by atoms with E-state index in [0.717, 1.165) is 18.5 Å². The Labute approximate surface area is 224 Å². The predicted octanol–water partition coefficient (Wildman–Crippen LogP) is 2.70. The van der Waals surface area contributed by atoms with Crippen LogP contribution in [0.1, 0.15) is 36.9 Å². The zero-order chi connectivity index (χ0) is 25.6. The largest absolute Gasteiger partial charge is 0.481 e. The lowest BCUT2D eigenvalue weighted by atomic mass is 9.68. The van der Waals surface area contributed by atoms with Gasteiger partial charge in [0.2, 0.25) is 5.88 Å². The van der Waals surface area contributed by atoms with Crippen LogP contribution >= 0.6 is 12.4 Å². The van der Waals surface area contributed by atoms with Crippen LogP contribution in [-0.2, 0) is 22.5 Å². The van der Waals surface area contributed by atoms with E-state index in [1.807, 2.05) is 12.1 Å². The summed E-state index contributed by atoms with van der Waals surface area (Å²) in [7, 11) is 1.50. The first-order valence-electron chi connectivity index (χ1n) is 12.4. The number of nitrogens with one attached hydrogen (secondary N) is 2. The van der Waals surface area contributed by atoms with Gasteiger partial charge in [0.1, 0.15) is 5.82 Å². The number of ether oxygens (including phenoxy) is 3. The molecule has 0 spiro atoms. The molecular formula is C26H29ClFN5O5. The third kappa shape index (κ3) is 4.75. The Balaban J connectivity index is 0.00000294. The lowest BCUT2D eigenvalue weighted by molar-refractivity contribution is -0.208. The Morgan fingerprint density at radius 3 is 2.76 bits per heavy atom. The van der Waals surface area contributed by atoms with Gasteiger partial charge in [-0.3, -0.25) is 9.78 Å². The highest BCUT2D eigenvalue weighted by atomic mass is 35.5. The maximum atomic E-state index is 14.8. The Kier molecular flexibility index (Phi) is 7.12. The van der Waals surface area contributed by atoms with Crippen LogP contribution in [0.4, 0.5) is 10.2 Å². The van der Waals surface area contributed by atoms with Gasteiger partial charge in [-0.15, -0.1) is 12.4 Å². The van der Waals surface area contributed by atoms with E-state index in [2.05, 4.69) is 25.6 Å². The van der Waals surface area contributed by atoms with E-state index in [0.29, 0.717) is 60.0 Å². The number of hydrogen-bond acceptors (Lipinski definition) is 9. The lowest BCUT2D eigenvalue weighted by Gasteiger charge is -2.55. The zero-order valence-electron chi connectivity index (χ0n) is 20.8. The maximum absolute atomic E-state index is 14.8. The number of nitrogens with zero attached hydrogens (tertiary/aromatic N) is 3. The minimum atomic E-state index is -0.898. The van der Waals surface area contributed by atoms with Crippen LogP contribution in [0.2, 0.25) is 0 Å². The maximum Gasteiger partial charge on any atom is 0.263 e. The fourth-order valence-corrected chi connectivity index (χ4v) is 5.52. The molecule has 1 saturated carbocycles. The van der Waals surface area contributed by atoms with E-state index in [-0.39, 0.29) is 36.9 Å². The molecule has 2 bridgehead atoms. The second kappa shape index (κ2) is 10.2. The first-order chi connectivity index (χ1) is 17.9. The quantitative estimate of drug-likeness (QED) is 0.410. The number of aliphatic hydroxyl groups is 1. The molecule has 2 saturated heterocycles. The fraction of sp³-hybridized carbons (Fsp3) is 0.462. The number of hydrogen-bond donors (Lipinski definition) is 3. The molecule has 0 aromatic carbocycles. The van der Waals surface area contributed by atoms with Crippen molar-refractivity contribution in [1.82, 2.24) is 20.3 Å². The van der Waals surface area contributed by atoms with Gasteiger partial charge in [0.05, 0.1) is 48.3 Å². The molecule has 3 aliphatic heterocycles. The van der Waals surface area contributed by atoms with Crippen molar-refractivity contribution in [2.24, 2.45) is 0 Å². The average molecular weight is 546 g/mol. The summed E-state index contributed by atoms with van der Waals surface area (Å²) in [5.41, 5.74) is 1.05. The van der Waals surface area contributed by atoms with Crippen molar-refractivity contribution in [1.29, 1.82) is 0 Å². The Hall–Kier alpha value is -3.12. The number of pyridine rings is 3. The number of carbonyl (C=O) groups excluding carboxylic acids is 1. The molecule has 38 heavy (non-hydrogen) atoms. The van der Waals surface area contributed by atoms with Crippen molar-refractivity contribution >= 4 is 35.2 Å². The van der Waals surface area contributed by atoms with Crippen molar-refractivity contribution in [2.45, 2.75) is 55.9 Å². The number of carbonyl (C=O) groups is 1. The molecule has 3 aromatic heterocycles. The highest BCUT2D eigenvalue weighted by molar-refractivity contribution is 5.94. The van der Waals surface area contributed by atoms with Crippen molar-refractivity contribution < 1.29 is 28.5 Å². The molecule has 7 rings (SSSR count). The first-order valence-corrected chi connectivity index (χ1v) is 12.4. The Morgan fingerprint density at radius 1 is 1.21 bits per heavy atom. The highest BCUT2D eigenvalue weighted by Gasteiger charge is 2.53. The van der Waals surface area contributed by atoms with E-state index in [9.17, 15) is 14.3 Å². The third-order valence-corrected chi connectivity index (χ3v) is 7.82. The molecule has 1 atom stereocenters. The molecule has 3 N–H and O–H groups in total. The minimum Gasteiger partial charge on any atom is -0.481 e. The summed E-state index contributed by atoms with van der Waals surface area (Å²) < 4.78 is 31.7. The van der Waals surface area contributed by atoms with Crippen LogP contribution in [0.25, 0.3) is 11.0 Å². The third-order valence-electron chi connectivity index (χ3n) is 7.82. The summed E-state index contributed by atoms with van der Waals surface area (Å²) in [6.07, 6.45) is 3.23. The summed E-state index contributed by atoms with van der Waals surface area (Å²) in [6.45, 7) is 0.930. The number of aliphatic hydroxyl groups excluding tert-OH is 1. The molecular weight excluding hydrogens is 517 g/mol. The summed E-state index contributed by atoms with van der Waals surface area (Å²) in [5, 5.41) is 17.6. The van der Waals surface area contributed by atoms with Crippen molar-refractivity contribution in [3.05, 3.63) is 47.5 Å². The van der Waals surface area contributed by atoms with Gasteiger partial charge in [0.15, 0.2) is 18.2 Å². The van der Waals surface area contributed by atoms with Gasteiger partial charge >= 0.3 is 0 Å². The van der Waals surface area contributed by atoms with Crippen LogP contribution in [0, 0.1) is 5.82 Å². The first kappa shape index (κ1) is 26.5. The van der Waals surface area contributed by atoms with Crippen molar-refractivity contribution in [3.8, 4) is 11.6 Å². The van der Waals surface area contributed by atoms with Gasteiger partial charge in [-0.2, -0.15) is 0 Å². The Bertz CT molecular complexity index is 1350. The molecule has 6 heterocycles. The molecule has 10 nitrogen and oxygen atoms in total. The lowest BCUT2D eigenvalue weighted by Crippen LogP contribution is -2.65. The molecule has 3 aromatic rings. The fourth-order valence-electron chi connectivity index (χ4n) is 5.52. The van der Waals surface area contributed by atoms with Crippen molar-refractivity contribution in [2.75, 3.05) is 25.6 Å². The second-order valence-corrected chi connectivity index (χ2v) is 10.00. The molecule has 202 valence electrons. The molecule has 12 heteroatoms. The SMILES string of the molecule is COc1ccc2ncc(F)c(C[C@H](O)C34CCC(NCc5ccc6c(n5)NC(=O)CO6)(CC3)CO4)c2n1.Cl. The van der Waals surface area contributed by atoms with Gasteiger partial charge in [-0.25, -0.2) is 14.4 Å². The normalized spacial score (nSPS) is 24.7. The topological polar surface area (TPSA) is 128 Å². The second-order valence-electron chi connectivity index (χ2n) is 10.00. The molecule has 1 aliphatic carbocycles. The van der Waals surface area contributed by atoms with Crippen LogP contribution in [0.3, 0.4) is 0 Å². The van der Waals surface area contributed by atoms with Gasteiger partial charge in [0.25, 0.3) is 5.91 Å². The van der Waals surface area contributed by atoms with E-state index < -0.39 is 17.5 Å². The summed E-state index contributed by atoms with van der Waals surface area (Å²) in [4.78, 5) is 24.6. The number of anilines is 1. The highest BCUT2D eigenvalue weighted by Crippen LogP contribution is 2.46. The van der Waals surface area contributed by atoms with Gasteiger partial charge in [-0.1, -0.05) is 0 Å². The zero-order valence-corrected chi connectivity index (χ0v) is 21.6. The number of rotatable bonds is 7. The minimum absolute atomic E-state index is 0. The summed E-state index contributed by atoms with van der Waals surface area (Å²) >= 11 is 0. The Morgan fingerprint density at radius 2 is 2.03 bits per heavy atom. The van der Waals surface area contributed by atoms with E-state index >= 15 is 0 Å². The molecule has 0 radical (unpaired) electrons. The van der Waals surface area contributed by atoms with Crippen LogP contribution in [0.15, 0.2) is 30.5 Å². The van der Waals surface area contributed by atoms with Gasteiger partial charge in [0, 0.05) is 30.1 Å². The molecule has 0 unspecified atom stereocenters. The smallest absolute Gasteiger partial charge is 0.263 e. The van der Waals surface area contributed by atoms with Gasteiger partial charge < -0.3 is 30.0 Å². The number of fused-ring (bicyclic) bond motifs is 5. The standard InChI is InChI=1S/C26H28FN5O5.ClH/c1-35-22-5-3-18-23(32-22)16(17(27)12-28-18)10-20(33)26-8-6-25(7-9-26,14-37-26)29-11-15-2-4-19-24(30-15)31-21(34)13-36-19;/h2-5,12,20,29,33H,6-11,13-14H2,1H3,(H,30,31,34);1H/t20-,25?,26?;/m0./s1. The van der Waals surface area contributed by atoms with Crippen molar-refractivity contribution in [3.63, 3.8) is 0 Å². The summed E-state index contributed by atoms with van der Waals surface area (Å²) in [5.74, 6) is 0.624. The average Bonchev–Trinajstić information content (AvgIpc) is 2.94. The predicted molar refractivity (Wildman–Crippen MR) is 138 cm³/mol. The number of methoxy groups -OCH3 is 1. The molecule has 3 fully saturated rings. The van der Waals surface area contributed by atoms with E-state index in [4.69, 9.17) is 14.2 Å².